The molecule has 0 amide bonds. The van der Waals surface area contributed by atoms with Crippen LogP contribution in [-0.2, 0) is 0 Å². The van der Waals surface area contributed by atoms with Crippen molar-refractivity contribution < 1.29 is 14.3 Å². The summed E-state index contributed by atoms with van der Waals surface area (Å²) in [6, 6.07) is 5.34. The molecule has 20 heavy (non-hydrogen) atoms. The predicted molar refractivity (Wildman–Crippen MR) is 75.7 cm³/mol. The number of methoxy groups -OCH3 is 2. The number of rotatable bonds is 4. The fourth-order valence-electron chi connectivity index (χ4n) is 3.05. The molecule has 3 aliphatic heterocycles. The van der Waals surface area contributed by atoms with E-state index in [4.69, 9.17) is 9.47 Å². The Morgan fingerprint density at radius 1 is 1.15 bits per heavy atom. The molecule has 0 radical (unpaired) electrons. The second-order valence-corrected chi connectivity index (χ2v) is 5.28. The van der Waals surface area contributed by atoms with E-state index < -0.39 is 0 Å². The van der Waals surface area contributed by atoms with Crippen LogP contribution in [0.3, 0.4) is 0 Å². The van der Waals surface area contributed by atoms with Crippen LogP contribution in [0.5, 0.6) is 11.5 Å². The topological polar surface area (TPSA) is 42.0 Å². The van der Waals surface area contributed by atoms with Gasteiger partial charge in [-0.05, 0) is 12.1 Å². The third-order valence-electron chi connectivity index (χ3n) is 4.26. The first-order valence-corrected chi connectivity index (χ1v) is 6.95. The highest BCUT2D eigenvalue weighted by atomic mass is 16.5. The van der Waals surface area contributed by atoms with Crippen molar-refractivity contribution in [1.29, 1.82) is 0 Å². The minimum Gasteiger partial charge on any atom is -0.497 e. The van der Waals surface area contributed by atoms with Crippen LogP contribution in [0.1, 0.15) is 10.4 Å². The van der Waals surface area contributed by atoms with E-state index in [1.54, 1.807) is 26.4 Å². The molecule has 1 atom stereocenters. The van der Waals surface area contributed by atoms with Gasteiger partial charge in [0.1, 0.15) is 11.5 Å². The zero-order valence-electron chi connectivity index (χ0n) is 12.0. The standard InChI is InChI=1S/C15H20N2O3/c1-19-11-3-4-12(14(9-11)20-2)15(18)13-10-16-5-7-17(13)8-6-16/h3-4,9,13H,5-8,10H2,1-2H3. The Morgan fingerprint density at radius 3 is 2.45 bits per heavy atom. The van der Waals surface area contributed by atoms with Crippen molar-refractivity contribution in [3.05, 3.63) is 23.8 Å². The van der Waals surface area contributed by atoms with Crippen LogP contribution in [-0.4, -0.2) is 68.6 Å². The molecule has 1 aromatic rings. The quantitative estimate of drug-likeness (QED) is 0.764. The van der Waals surface area contributed by atoms with Crippen molar-refractivity contribution in [3.63, 3.8) is 0 Å². The Kier molecular flexibility index (Phi) is 3.63. The third-order valence-corrected chi connectivity index (χ3v) is 4.26. The highest BCUT2D eigenvalue weighted by molar-refractivity contribution is 6.02. The van der Waals surface area contributed by atoms with Crippen molar-refractivity contribution in [1.82, 2.24) is 9.80 Å². The van der Waals surface area contributed by atoms with Crippen LogP contribution in [0.15, 0.2) is 18.2 Å². The van der Waals surface area contributed by atoms with Crippen LogP contribution < -0.4 is 9.47 Å². The molecule has 1 unspecified atom stereocenters. The molecule has 3 aliphatic rings. The number of fused-ring (bicyclic) bond motifs is 3. The first-order chi connectivity index (χ1) is 9.72. The van der Waals surface area contributed by atoms with Gasteiger partial charge in [-0.15, -0.1) is 0 Å². The maximum absolute atomic E-state index is 12.8. The highest BCUT2D eigenvalue weighted by Crippen LogP contribution is 2.28. The van der Waals surface area contributed by atoms with Crippen molar-refractivity contribution in [3.8, 4) is 11.5 Å². The van der Waals surface area contributed by atoms with E-state index >= 15 is 0 Å². The minimum absolute atomic E-state index is 0.0419. The average Bonchev–Trinajstić information content (AvgIpc) is 2.54. The SMILES string of the molecule is COc1ccc(C(=O)C2CN3CCN2CC3)c(OC)c1. The van der Waals surface area contributed by atoms with Crippen LogP contribution in [0, 0.1) is 0 Å². The predicted octanol–water partition coefficient (Wildman–Crippen LogP) is 0.886. The number of nitrogens with zero attached hydrogens (tertiary/aromatic N) is 2. The van der Waals surface area contributed by atoms with Crippen LogP contribution in [0.4, 0.5) is 0 Å². The number of ketones is 1. The number of carbonyl (C=O) groups is 1. The smallest absolute Gasteiger partial charge is 0.184 e. The van der Waals surface area contributed by atoms with E-state index in [0.717, 1.165) is 32.7 Å². The summed E-state index contributed by atoms with van der Waals surface area (Å²) in [4.78, 5) is 17.4. The molecule has 108 valence electrons. The Labute approximate surface area is 119 Å². The molecular formula is C15H20N2O3. The molecular weight excluding hydrogens is 256 g/mol. The Bertz CT molecular complexity index is 510. The zero-order chi connectivity index (χ0) is 14.1. The van der Waals surface area contributed by atoms with Gasteiger partial charge in [0.05, 0.1) is 25.8 Å². The Balaban J connectivity index is 1.87. The molecule has 2 bridgehead atoms. The first-order valence-electron chi connectivity index (χ1n) is 6.95. The largest absolute Gasteiger partial charge is 0.497 e. The van der Waals surface area contributed by atoms with Crippen molar-refractivity contribution in [2.45, 2.75) is 6.04 Å². The fourth-order valence-corrected chi connectivity index (χ4v) is 3.05. The summed E-state index contributed by atoms with van der Waals surface area (Å²) < 4.78 is 10.5. The number of ether oxygens (including phenoxy) is 2. The van der Waals surface area contributed by atoms with Crippen molar-refractivity contribution >= 4 is 5.78 Å². The van der Waals surface area contributed by atoms with Gasteiger partial charge in [0.25, 0.3) is 0 Å². The maximum Gasteiger partial charge on any atom is 0.184 e. The van der Waals surface area contributed by atoms with Gasteiger partial charge in [-0.1, -0.05) is 0 Å². The van der Waals surface area contributed by atoms with E-state index in [1.165, 1.54) is 0 Å². The minimum atomic E-state index is -0.0419. The number of hydrogen-bond donors (Lipinski definition) is 0. The molecule has 0 aliphatic carbocycles. The van der Waals surface area contributed by atoms with Gasteiger partial charge in [0, 0.05) is 38.8 Å². The van der Waals surface area contributed by atoms with Gasteiger partial charge >= 0.3 is 0 Å². The number of benzene rings is 1. The molecule has 5 heteroatoms. The lowest BCUT2D eigenvalue weighted by atomic mass is 9.97. The van der Waals surface area contributed by atoms with E-state index in [9.17, 15) is 4.79 Å². The number of hydrogen-bond acceptors (Lipinski definition) is 5. The van der Waals surface area contributed by atoms with Gasteiger partial charge in [0.2, 0.25) is 0 Å². The normalized spacial score (nSPS) is 28.2. The Hall–Kier alpha value is -1.59. The summed E-state index contributed by atoms with van der Waals surface area (Å²) in [5.41, 5.74) is 0.645. The second kappa shape index (κ2) is 5.42. The average molecular weight is 276 g/mol. The van der Waals surface area contributed by atoms with Crippen LogP contribution in [0.2, 0.25) is 0 Å². The lowest BCUT2D eigenvalue weighted by molar-refractivity contribution is 0.0158. The van der Waals surface area contributed by atoms with E-state index in [2.05, 4.69) is 9.80 Å². The monoisotopic (exact) mass is 276 g/mol. The molecule has 4 rings (SSSR count). The van der Waals surface area contributed by atoms with Gasteiger partial charge in [-0.2, -0.15) is 0 Å². The number of Topliss-reactive ketones (excluding diaryl/α,β-unsaturated/α-hetero) is 1. The van der Waals surface area contributed by atoms with Gasteiger partial charge in [-0.25, -0.2) is 0 Å². The lowest BCUT2D eigenvalue weighted by Gasteiger charge is -2.46. The maximum atomic E-state index is 12.8. The van der Waals surface area contributed by atoms with E-state index in [1.807, 2.05) is 6.07 Å². The summed E-state index contributed by atoms with van der Waals surface area (Å²) in [5, 5.41) is 0. The second-order valence-electron chi connectivity index (χ2n) is 5.28. The molecule has 0 aromatic heterocycles. The summed E-state index contributed by atoms with van der Waals surface area (Å²) in [5.74, 6) is 1.44. The van der Waals surface area contributed by atoms with Crippen LogP contribution in [0.25, 0.3) is 0 Å². The number of piperazine rings is 3. The molecule has 5 nitrogen and oxygen atoms in total. The van der Waals surface area contributed by atoms with Crippen molar-refractivity contribution in [2.75, 3.05) is 46.9 Å². The molecule has 3 fully saturated rings. The number of carbonyl (C=O) groups excluding carboxylic acids is 1. The summed E-state index contributed by atoms with van der Waals surface area (Å²) in [7, 11) is 3.19. The van der Waals surface area contributed by atoms with E-state index in [-0.39, 0.29) is 11.8 Å². The van der Waals surface area contributed by atoms with Gasteiger partial charge in [-0.3, -0.25) is 14.6 Å². The lowest BCUT2D eigenvalue weighted by Crippen LogP contribution is -2.63. The zero-order valence-corrected chi connectivity index (χ0v) is 12.0. The summed E-state index contributed by atoms with van der Waals surface area (Å²) >= 11 is 0. The first kappa shape index (κ1) is 13.4. The van der Waals surface area contributed by atoms with Crippen LogP contribution >= 0.6 is 0 Å². The molecule has 3 saturated heterocycles. The molecule has 3 heterocycles. The Morgan fingerprint density at radius 2 is 1.90 bits per heavy atom. The van der Waals surface area contributed by atoms with Crippen molar-refractivity contribution in [2.24, 2.45) is 0 Å². The fraction of sp³-hybridized carbons (Fsp3) is 0.533. The molecule has 0 N–H and O–H groups in total. The van der Waals surface area contributed by atoms with Gasteiger partial charge < -0.3 is 9.47 Å². The third kappa shape index (κ3) is 2.27. The molecule has 0 saturated carbocycles. The molecule has 1 aromatic carbocycles. The molecule has 0 spiro atoms. The van der Waals surface area contributed by atoms with E-state index in [0.29, 0.717) is 17.1 Å². The summed E-state index contributed by atoms with van der Waals surface area (Å²) in [6.45, 7) is 4.94. The highest BCUT2D eigenvalue weighted by Gasteiger charge is 2.37. The summed E-state index contributed by atoms with van der Waals surface area (Å²) in [6.07, 6.45) is 0. The van der Waals surface area contributed by atoms with Gasteiger partial charge in [0.15, 0.2) is 5.78 Å².